The lowest BCUT2D eigenvalue weighted by atomic mass is 10.2. The number of nitrogens with zero attached hydrogens (tertiary/aromatic N) is 3. The van der Waals surface area contributed by atoms with Gasteiger partial charge in [-0.2, -0.15) is 5.26 Å². The minimum absolute atomic E-state index is 0.0866. The van der Waals surface area contributed by atoms with E-state index in [2.05, 4.69) is 26.7 Å². The third-order valence-electron chi connectivity index (χ3n) is 3.67. The van der Waals surface area contributed by atoms with Crippen LogP contribution >= 0.6 is 0 Å². The summed E-state index contributed by atoms with van der Waals surface area (Å²) in [7, 11) is 0. The van der Waals surface area contributed by atoms with Gasteiger partial charge in [0.1, 0.15) is 23.6 Å². The zero-order valence-corrected chi connectivity index (χ0v) is 15.5. The van der Waals surface area contributed by atoms with E-state index in [4.69, 9.17) is 10.00 Å². The highest BCUT2D eigenvalue weighted by Gasteiger charge is 2.10. The number of benzene rings is 2. The van der Waals surface area contributed by atoms with Crippen molar-refractivity contribution in [1.29, 1.82) is 5.26 Å². The quantitative estimate of drug-likeness (QED) is 0.674. The maximum absolute atomic E-state index is 12.5. The zero-order valence-electron chi connectivity index (χ0n) is 15.5. The lowest BCUT2D eigenvalue weighted by Crippen LogP contribution is -2.14. The molecule has 0 saturated carbocycles. The molecule has 2 N–H and O–H groups in total. The first-order chi connectivity index (χ1) is 13.5. The van der Waals surface area contributed by atoms with Crippen molar-refractivity contribution in [2.24, 2.45) is 0 Å². The smallest absolute Gasteiger partial charge is 0.274 e. The third kappa shape index (κ3) is 5.05. The van der Waals surface area contributed by atoms with E-state index >= 15 is 0 Å². The first kappa shape index (κ1) is 18.9. The number of rotatable bonds is 6. The maximum Gasteiger partial charge on any atom is 0.274 e. The number of anilines is 3. The molecule has 140 valence electrons. The fraction of sp³-hybridized carbons (Fsp3) is 0.143. The minimum atomic E-state index is -0.345. The van der Waals surface area contributed by atoms with Crippen LogP contribution in [0, 0.1) is 11.3 Å². The van der Waals surface area contributed by atoms with Gasteiger partial charge in [0.15, 0.2) is 0 Å². The standard InChI is InChI=1S/C21H19N5O2/c1-14(2)28-18-9-7-17(8-10-18)26-21(27)19-11-20(24-13-23-19)25-16-5-3-15(12-22)4-6-16/h3-11,13-14H,1-2H3,(H,26,27)(H,23,24,25). The highest BCUT2D eigenvalue weighted by atomic mass is 16.5. The molecule has 0 bridgehead atoms. The largest absolute Gasteiger partial charge is 0.491 e. The molecule has 0 radical (unpaired) electrons. The molecule has 1 amide bonds. The van der Waals surface area contributed by atoms with Crippen LogP contribution < -0.4 is 15.4 Å². The van der Waals surface area contributed by atoms with Gasteiger partial charge in [-0.25, -0.2) is 9.97 Å². The van der Waals surface area contributed by atoms with Crippen LogP contribution in [0.25, 0.3) is 0 Å². The van der Waals surface area contributed by atoms with Crippen LogP contribution in [-0.4, -0.2) is 22.0 Å². The Morgan fingerprint density at radius 2 is 1.71 bits per heavy atom. The van der Waals surface area contributed by atoms with E-state index in [-0.39, 0.29) is 17.7 Å². The molecule has 28 heavy (non-hydrogen) atoms. The van der Waals surface area contributed by atoms with Crippen molar-refractivity contribution in [3.63, 3.8) is 0 Å². The summed E-state index contributed by atoms with van der Waals surface area (Å²) in [6.07, 6.45) is 1.41. The van der Waals surface area contributed by atoms with E-state index in [1.165, 1.54) is 6.33 Å². The average Bonchev–Trinajstić information content (AvgIpc) is 2.70. The number of carbonyl (C=O) groups is 1. The number of nitriles is 1. The third-order valence-corrected chi connectivity index (χ3v) is 3.67. The molecular weight excluding hydrogens is 354 g/mol. The number of hydrogen-bond acceptors (Lipinski definition) is 6. The Bertz CT molecular complexity index is 993. The van der Waals surface area contributed by atoms with Crippen LogP contribution in [0.1, 0.15) is 29.9 Å². The molecule has 0 aliphatic heterocycles. The number of ether oxygens (including phenoxy) is 1. The molecule has 3 rings (SSSR count). The Morgan fingerprint density at radius 1 is 1.04 bits per heavy atom. The van der Waals surface area contributed by atoms with Crippen LogP contribution in [0.3, 0.4) is 0 Å². The fourth-order valence-electron chi connectivity index (χ4n) is 2.41. The fourth-order valence-corrected chi connectivity index (χ4v) is 2.41. The van der Waals surface area contributed by atoms with Gasteiger partial charge in [-0.05, 0) is 62.4 Å². The predicted octanol–water partition coefficient (Wildman–Crippen LogP) is 4.13. The molecule has 7 heteroatoms. The van der Waals surface area contributed by atoms with Gasteiger partial charge >= 0.3 is 0 Å². The van der Waals surface area contributed by atoms with Gasteiger partial charge in [-0.15, -0.1) is 0 Å². The van der Waals surface area contributed by atoms with E-state index in [1.807, 2.05) is 13.8 Å². The van der Waals surface area contributed by atoms with Crippen molar-refractivity contribution in [3.8, 4) is 11.8 Å². The topological polar surface area (TPSA) is 99.9 Å². The highest BCUT2D eigenvalue weighted by Crippen LogP contribution is 2.19. The maximum atomic E-state index is 12.5. The molecular formula is C21H19N5O2. The molecule has 3 aromatic rings. The number of carbonyl (C=O) groups excluding carboxylic acids is 1. The molecule has 0 aliphatic carbocycles. The summed E-state index contributed by atoms with van der Waals surface area (Å²) in [6.45, 7) is 3.91. The molecule has 0 aliphatic rings. The molecule has 0 saturated heterocycles. The van der Waals surface area contributed by atoms with Crippen LogP contribution in [0.5, 0.6) is 5.75 Å². The van der Waals surface area contributed by atoms with E-state index in [1.54, 1.807) is 54.6 Å². The molecule has 7 nitrogen and oxygen atoms in total. The number of aromatic nitrogens is 2. The summed E-state index contributed by atoms with van der Waals surface area (Å²) in [4.78, 5) is 20.6. The second-order valence-corrected chi connectivity index (χ2v) is 6.25. The highest BCUT2D eigenvalue weighted by molar-refractivity contribution is 6.03. The summed E-state index contributed by atoms with van der Waals surface area (Å²) in [5.41, 5.74) is 2.19. The number of hydrogen-bond donors (Lipinski definition) is 2. The summed E-state index contributed by atoms with van der Waals surface area (Å²) in [5.74, 6) is 0.872. The summed E-state index contributed by atoms with van der Waals surface area (Å²) in [6, 6.07) is 17.7. The summed E-state index contributed by atoms with van der Waals surface area (Å²) in [5, 5.41) is 14.7. The zero-order chi connectivity index (χ0) is 19.9. The molecule has 0 spiro atoms. The molecule has 0 fully saturated rings. The second kappa shape index (κ2) is 8.64. The predicted molar refractivity (Wildman–Crippen MR) is 107 cm³/mol. The van der Waals surface area contributed by atoms with Gasteiger partial charge in [0.05, 0.1) is 17.7 Å². The van der Waals surface area contributed by atoms with Crippen LogP contribution in [0.2, 0.25) is 0 Å². The Hall–Kier alpha value is -3.92. The minimum Gasteiger partial charge on any atom is -0.491 e. The van der Waals surface area contributed by atoms with Gasteiger partial charge in [0.25, 0.3) is 5.91 Å². The summed E-state index contributed by atoms with van der Waals surface area (Å²) >= 11 is 0. The average molecular weight is 373 g/mol. The van der Waals surface area contributed by atoms with Crippen LogP contribution in [-0.2, 0) is 0 Å². The van der Waals surface area contributed by atoms with Crippen molar-refractivity contribution < 1.29 is 9.53 Å². The Kier molecular flexibility index (Phi) is 5.82. The van der Waals surface area contributed by atoms with Crippen molar-refractivity contribution in [2.45, 2.75) is 20.0 Å². The van der Waals surface area contributed by atoms with Crippen LogP contribution in [0.4, 0.5) is 17.2 Å². The summed E-state index contributed by atoms with van der Waals surface area (Å²) < 4.78 is 5.59. The van der Waals surface area contributed by atoms with Gasteiger partial charge in [-0.3, -0.25) is 4.79 Å². The lowest BCUT2D eigenvalue weighted by molar-refractivity contribution is 0.102. The monoisotopic (exact) mass is 373 g/mol. The van der Waals surface area contributed by atoms with Gasteiger partial charge in [0, 0.05) is 17.4 Å². The van der Waals surface area contributed by atoms with Crippen molar-refractivity contribution in [3.05, 3.63) is 72.2 Å². The first-order valence-electron chi connectivity index (χ1n) is 8.71. The van der Waals surface area contributed by atoms with Gasteiger partial charge in [0.2, 0.25) is 0 Å². The van der Waals surface area contributed by atoms with Gasteiger partial charge in [-0.1, -0.05) is 0 Å². The Labute approximate surface area is 163 Å². The molecule has 1 aromatic heterocycles. The van der Waals surface area contributed by atoms with Gasteiger partial charge < -0.3 is 15.4 Å². The first-order valence-corrected chi connectivity index (χ1v) is 8.71. The SMILES string of the molecule is CC(C)Oc1ccc(NC(=O)c2cc(Nc3ccc(C#N)cc3)ncn2)cc1. The molecule has 0 unspecified atom stereocenters. The molecule has 2 aromatic carbocycles. The van der Waals surface area contributed by atoms with E-state index in [0.29, 0.717) is 17.1 Å². The van der Waals surface area contributed by atoms with Crippen molar-refractivity contribution in [1.82, 2.24) is 9.97 Å². The van der Waals surface area contributed by atoms with E-state index < -0.39 is 0 Å². The normalized spacial score (nSPS) is 10.2. The Balaban J connectivity index is 1.67. The van der Waals surface area contributed by atoms with Crippen molar-refractivity contribution >= 4 is 23.1 Å². The lowest BCUT2D eigenvalue weighted by Gasteiger charge is -2.11. The van der Waals surface area contributed by atoms with Crippen molar-refractivity contribution in [2.75, 3.05) is 10.6 Å². The van der Waals surface area contributed by atoms with Crippen LogP contribution in [0.15, 0.2) is 60.9 Å². The van der Waals surface area contributed by atoms with E-state index in [9.17, 15) is 4.79 Å². The van der Waals surface area contributed by atoms with E-state index in [0.717, 1.165) is 11.4 Å². The number of nitrogens with one attached hydrogen (secondary N) is 2. The second-order valence-electron chi connectivity index (χ2n) is 6.25. The Morgan fingerprint density at radius 3 is 2.36 bits per heavy atom. The molecule has 1 heterocycles. The molecule has 0 atom stereocenters. The number of amides is 1.